The van der Waals surface area contributed by atoms with Crippen molar-refractivity contribution in [1.29, 1.82) is 0 Å². The summed E-state index contributed by atoms with van der Waals surface area (Å²) in [4.78, 5) is 11.0. The van der Waals surface area contributed by atoms with Gasteiger partial charge in [0.05, 0.1) is 0 Å². The second kappa shape index (κ2) is 6.35. The van der Waals surface area contributed by atoms with Crippen molar-refractivity contribution in [2.45, 2.75) is 32.4 Å². The molecule has 100 valence electrons. The third kappa shape index (κ3) is 3.43. The molecule has 1 rings (SSSR count). The van der Waals surface area contributed by atoms with Crippen molar-refractivity contribution in [3.63, 3.8) is 0 Å². The highest BCUT2D eigenvalue weighted by atomic mass is 19.1. The molecule has 0 bridgehead atoms. The Bertz CT molecular complexity index is 423. The lowest BCUT2D eigenvalue weighted by atomic mass is 10.1. The van der Waals surface area contributed by atoms with Crippen molar-refractivity contribution >= 4 is 5.91 Å². The van der Waals surface area contributed by atoms with E-state index in [0.29, 0.717) is 17.7 Å². The molecule has 3 N–H and O–H groups in total. The molecule has 1 aromatic carbocycles. The maximum absolute atomic E-state index is 13.8. The molecule has 18 heavy (non-hydrogen) atoms. The summed E-state index contributed by atoms with van der Waals surface area (Å²) in [5, 5.41) is 2.96. The Labute approximate surface area is 106 Å². The lowest BCUT2D eigenvalue weighted by Crippen LogP contribution is -2.33. The van der Waals surface area contributed by atoms with Gasteiger partial charge < -0.3 is 15.8 Å². The number of carbonyl (C=O) groups is 1. The molecular formula is C13H19FN2O2. The maximum Gasteiger partial charge on any atom is 0.258 e. The zero-order valence-corrected chi connectivity index (χ0v) is 10.9. The average Bonchev–Trinajstić information content (AvgIpc) is 2.34. The van der Waals surface area contributed by atoms with Gasteiger partial charge in [0.1, 0.15) is 11.6 Å². The van der Waals surface area contributed by atoms with Gasteiger partial charge in [-0.2, -0.15) is 0 Å². The lowest BCUT2D eigenvalue weighted by Gasteiger charge is -2.16. The molecule has 0 spiro atoms. The number of nitrogens with two attached hydrogens (primary N) is 1. The molecule has 0 aliphatic carbocycles. The smallest absolute Gasteiger partial charge is 0.258 e. The first-order valence-corrected chi connectivity index (χ1v) is 5.92. The van der Waals surface area contributed by atoms with Gasteiger partial charge in [-0.3, -0.25) is 4.79 Å². The van der Waals surface area contributed by atoms with Gasteiger partial charge in [-0.05, 0) is 26.5 Å². The Morgan fingerprint density at radius 3 is 2.67 bits per heavy atom. The van der Waals surface area contributed by atoms with Crippen LogP contribution in [0.3, 0.4) is 0 Å². The molecule has 5 heteroatoms. The van der Waals surface area contributed by atoms with Crippen LogP contribution in [0.2, 0.25) is 0 Å². The summed E-state index contributed by atoms with van der Waals surface area (Å²) in [5.41, 5.74) is 5.72. The third-order valence-corrected chi connectivity index (χ3v) is 2.84. The number of hydrogen-bond donors (Lipinski definition) is 2. The molecule has 0 saturated carbocycles. The minimum absolute atomic E-state index is 0.0860. The Morgan fingerprint density at radius 2 is 2.22 bits per heavy atom. The largest absolute Gasteiger partial charge is 0.481 e. The van der Waals surface area contributed by atoms with Gasteiger partial charge in [0.2, 0.25) is 0 Å². The normalized spacial score (nSPS) is 14.0. The minimum Gasteiger partial charge on any atom is -0.481 e. The second-order valence-electron chi connectivity index (χ2n) is 4.11. The Morgan fingerprint density at radius 1 is 1.56 bits per heavy atom. The van der Waals surface area contributed by atoms with Gasteiger partial charge in [0, 0.05) is 17.7 Å². The lowest BCUT2D eigenvalue weighted by molar-refractivity contribution is -0.124. The first-order chi connectivity index (χ1) is 8.49. The van der Waals surface area contributed by atoms with E-state index in [9.17, 15) is 9.18 Å². The molecule has 0 radical (unpaired) electrons. The Kier molecular flexibility index (Phi) is 5.09. The topological polar surface area (TPSA) is 64.3 Å². The van der Waals surface area contributed by atoms with Crippen molar-refractivity contribution in [3.8, 4) is 5.75 Å². The van der Waals surface area contributed by atoms with Crippen molar-refractivity contribution in [3.05, 3.63) is 29.6 Å². The number of ether oxygens (including phenoxy) is 1. The van der Waals surface area contributed by atoms with Gasteiger partial charge in [-0.25, -0.2) is 4.39 Å². The molecule has 4 nitrogen and oxygen atoms in total. The Hall–Kier alpha value is -1.62. The number of nitrogens with one attached hydrogen (secondary N) is 1. The first kappa shape index (κ1) is 14.4. The zero-order chi connectivity index (χ0) is 13.7. The predicted molar refractivity (Wildman–Crippen MR) is 67.8 cm³/mol. The molecule has 0 aromatic heterocycles. The van der Waals surface area contributed by atoms with Crippen LogP contribution in [-0.2, 0) is 4.79 Å². The molecule has 2 atom stereocenters. The van der Waals surface area contributed by atoms with E-state index >= 15 is 0 Å². The van der Waals surface area contributed by atoms with Gasteiger partial charge in [-0.15, -0.1) is 0 Å². The van der Waals surface area contributed by atoms with E-state index < -0.39 is 12.0 Å². The summed E-state index contributed by atoms with van der Waals surface area (Å²) in [6.45, 7) is 3.64. The van der Waals surface area contributed by atoms with Crippen LogP contribution in [0.5, 0.6) is 5.75 Å². The molecule has 0 aliphatic rings. The van der Waals surface area contributed by atoms with Crippen molar-refractivity contribution in [1.82, 2.24) is 5.32 Å². The van der Waals surface area contributed by atoms with Gasteiger partial charge in [0.25, 0.3) is 5.91 Å². The van der Waals surface area contributed by atoms with Crippen LogP contribution < -0.4 is 15.8 Å². The average molecular weight is 254 g/mol. The highest BCUT2D eigenvalue weighted by Gasteiger charge is 2.16. The van der Waals surface area contributed by atoms with E-state index in [-0.39, 0.29) is 11.9 Å². The molecule has 2 unspecified atom stereocenters. The van der Waals surface area contributed by atoms with Crippen LogP contribution in [0.4, 0.5) is 4.39 Å². The fourth-order valence-electron chi connectivity index (χ4n) is 1.59. The summed E-state index contributed by atoms with van der Waals surface area (Å²) in [5.74, 6) is -0.607. The Balaban J connectivity index is 2.87. The van der Waals surface area contributed by atoms with Crippen LogP contribution in [0.1, 0.15) is 31.9 Å². The van der Waals surface area contributed by atoms with Crippen LogP contribution in [0.25, 0.3) is 0 Å². The van der Waals surface area contributed by atoms with Gasteiger partial charge in [0.15, 0.2) is 6.10 Å². The summed E-state index contributed by atoms with van der Waals surface area (Å²) >= 11 is 0. The van der Waals surface area contributed by atoms with Gasteiger partial charge in [-0.1, -0.05) is 13.0 Å². The number of carbonyl (C=O) groups excluding carboxylic acids is 1. The minimum atomic E-state index is -0.725. The van der Waals surface area contributed by atoms with Gasteiger partial charge >= 0.3 is 0 Å². The number of rotatable bonds is 6. The highest BCUT2D eigenvalue weighted by Crippen LogP contribution is 2.22. The summed E-state index contributed by atoms with van der Waals surface area (Å²) in [6.07, 6.45) is -0.275. The molecule has 1 aromatic rings. The summed E-state index contributed by atoms with van der Waals surface area (Å²) < 4.78 is 19.1. The van der Waals surface area contributed by atoms with Crippen LogP contribution in [-0.4, -0.2) is 19.1 Å². The number of hydrogen-bond acceptors (Lipinski definition) is 3. The van der Waals surface area contributed by atoms with Crippen LogP contribution >= 0.6 is 0 Å². The number of benzene rings is 1. The molecule has 0 aliphatic heterocycles. The second-order valence-corrected chi connectivity index (χ2v) is 4.11. The monoisotopic (exact) mass is 254 g/mol. The van der Waals surface area contributed by atoms with E-state index in [1.807, 2.05) is 6.92 Å². The van der Waals surface area contributed by atoms with Crippen LogP contribution in [0.15, 0.2) is 18.2 Å². The summed E-state index contributed by atoms with van der Waals surface area (Å²) in [6, 6.07) is 4.46. The van der Waals surface area contributed by atoms with Crippen molar-refractivity contribution in [2.24, 2.45) is 5.73 Å². The van der Waals surface area contributed by atoms with E-state index in [4.69, 9.17) is 10.5 Å². The van der Waals surface area contributed by atoms with E-state index in [2.05, 4.69) is 5.32 Å². The standard InChI is InChI=1S/C13H19FN2O2/c1-4-12(13(15)17)18-9-5-6-10(8(2)16-3)11(14)7-9/h5-8,12,16H,4H2,1-3H3,(H2,15,17). The predicted octanol–water partition coefficient (Wildman–Crippen LogP) is 1.75. The fraction of sp³-hybridized carbons (Fsp3) is 0.462. The van der Waals surface area contributed by atoms with Crippen molar-refractivity contribution < 1.29 is 13.9 Å². The molecule has 0 heterocycles. The number of halogens is 1. The quantitative estimate of drug-likeness (QED) is 0.813. The number of primary amides is 1. The van der Waals surface area contributed by atoms with Crippen LogP contribution in [0, 0.1) is 5.82 Å². The zero-order valence-electron chi connectivity index (χ0n) is 10.9. The highest BCUT2D eigenvalue weighted by molar-refractivity contribution is 5.79. The first-order valence-electron chi connectivity index (χ1n) is 5.92. The molecule has 0 saturated heterocycles. The molecule has 0 fully saturated rings. The fourth-order valence-corrected chi connectivity index (χ4v) is 1.59. The van der Waals surface area contributed by atoms with Crippen molar-refractivity contribution in [2.75, 3.05) is 7.05 Å². The maximum atomic E-state index is 13.8. The SMILES string of the molecule is CCC(Oc1ccc(C(C)NC)c(F)c1)C(N)=O. The molecular weight excluding hydrogens is 235 g/mol. The third-order valence-electron chi connectivity index (χ3n) is 2.84. The van der Waals surface area contributed by atoms with E-state index in [0.717, 1.165) is 0 Å². The van der Waals surface area contributed by atoms with E-state index in [1.165, 1.54) is 6.07 Å². The summed E-state index contributed by atoms with van der Waals surface area (Å²) in [7, 11) is 1.76. The molecule has 1 amide bonds. The number of amides is 1. The van der Waals surface area contributed by atoms with E-state index in [1.54, 1.807) is 26.1 Å².